The third-order valence-corrected chi connectivity index (χ3v) is 9.00. The molecule has 3 aromatic rings. The van der Waals surface area contributed by atoms with Gasteiger partial charge in [-0.15, -0.1) is 0 Å². The lowest BCUT2D eigenvalue weighted by atomic mass is 10.1. The lowest BCUT2D eigenvalue weighted by Gasteiger charge is -2.33. The maximum absolute atomic E-state index is 14.1. The summed E-state index contributed by atoms with van der Waals surface area (Å²) < 4.78 is 34.0. The predicted molar refractivity (Wildman–Crippen MR) is 163 cm³/mol. The molecule has 1 atom stereocenters. The van der Waals surface area contributed by atoms with E-state index in [9.17, 15) is 18.0 Å². The van der Waals surface area contributed by atoms with Crippen molar-refractivity contribution in [3.05, 3.63) is 88.4 Å². The second kappa shape index (κ2) is 15.1. The van der Waals surface area contributed by atoms with Crippen molar-refractivity contribution in [3.63, 3.8) is 0 Å². The molecule has 0 saturated heterocycles. The third-order valence-electron chi connectivity index (χ3n) is 6.55. The van der Waals surface area contributed by atoms with Gasteiger partial charge in [0.05, 0.1) is 22.7 Å². The number of halogens is 2. The molecule has 0 saturated carbocycles. The molecule has 220 valence electrons. The van der Waals surface area contributed by atoms with E-state index in [0.29, 0.717) is 29.3 Å². The summed E-state index contributed by atoms with van der Waals surface area (Å²) in [5.74, 6) is -0.533. The normalized spacial score (nSPS) is 11.9. The molecule has 0 spiro atoms. The Morgan fingerprint density at radius 2 is 1.63 bits per heavy atom. The molecule has 0 heterocycles. The fourth-order valence-electron chi connectivity index (χ4n) is 4.29. The second-order valence-electron chi connectivity index (χ2n) is 9.33. The van der Waals surface area contributed by atoms with Crippen LogP contribution in [0.15, 0.2) is 77.7 Å². The van der Waals surface area contributed by atoms with Gasteiger partial charge in [0, 0.05) is 18.1 Å². The first kappa shape index (κ1) is 32.2. The Labute approximate surface area is 252 Å². The van der Waals surface area contributed by atoms with Gasteiger partial charge in [-0.3, -0.25) is 13.9 Å². The Hall–Kier alpha value is -3.27. The number of ether oxygens (including phenoxy) is 1. The average molecular weight is 621 g/mol. The van der Waals surface area contributed by atoms with Crippen LogP contribution >= 0.6 is 23.2 Å². The van der Waals surface area contributed by atoms with E-state index >= 15 is 0 Å². The molecule has 0 aliphatic rings. The highest BCUT2D eigenvalue weighted by Gasteiger charge is 2.34. The standard InChI is InChI=1S/C30H35Cl2N3O5S/c1-4-6-18-33-30(37)27(5-2)34(20-22-12-10-11-15-25(22)31)29(36)21-35(23-16-17-28(40-3)26(32)19-23)41(38,39)24-13-8-7-9-14-24/h7-17,19,27H,4-6,18,20-21H2,1-3H3,(H,33,37). The minimum atomic E-state index is -4.21. The number of nitrogens with one attached hydrogen (secondary N) is 1. The largest absolute Gasteiger partial charge is 0.495 e. The minimum absolute atomic E-state index is 0.00162. The highest BCUT2D eigenvalue weighted by atomic mass is 35.5. The van der Waals surface area contributed by atoms with Crippen LogP contribution in [-0.2, 0) is 26.2 Å². The Bertz CT molecular complexity index is 1440. The molecule has 0 radical (unpaired) electrons. The van der Waals surface area contributed by atoms with Crippen molar-refractivity contribution in [2.75, 3.05) is 24.5 Å². The molecule has 2 amide bonds. The summed E-state index contributed by atoms with van der Waals surface area (Å²) in [5.41, 5.74) is 0.804. The van der Waals surface area contributed by atoms with Crippen molar-refractivity contribution in [2.45, 2.75) is 50.6 Å². The van der Waals surface area contributed by atoms with Crippen LogP contribution in [-0.4, -0.2) is 51.4 Å². The Morgan fingerprint density at radius 3 is 2.24 bits per heavy atom. The van der Waals surface area contributed by atoms with E-state index in [1.807, 2.05) is 6.92 Å². The molecule has 0 aliphatic heterocycles. The number of carbonyl (C=O) groups excluding carboxylic acids is 2. The lowest BCUT2D eigenvalue weighted by molar-refractivity contribution is -0.140. The summed E-state index contributed by atoms with van der Waals surface area (Å²) >= 11 is 12.8. The van der Waals surface area contributed by atoms with Gasteiger partial charge in [-0.2, -0.15) is 0 Å². The van der Waals surface area contributed by atoms with Crippen molar-refractivity contribution < 1.29 is 22.7 Å². The molecule has 0 fully saturated rings. The van der Waals surface area contributed by atoms with Crippen LogP contribution in [0.25, 0.3) is 0 Å². The molecule has 0 bridgehead atoms. The van der Waals surface area contributed by atoms with Crippen LogP contribution in [0.2, 0.25) is 10.0 Å². The number of nitrogens with zero attached hydrogens (tertiary/aromatic N) is 2. The van der Waals surface area contributed by atoms with Gasteiger partial charge in [0.2, 0.25) is 11.8 Å². The number of sulfonamides is 1. The van der Waals surface area contributed by atoms with E-state index in [4.69, 9.17) is 27.9 Å². The molecule has 1 unspecified atom stereocenters. The average Bonchev–Trinajstić information content (AvgIpc) is 2.97. The number of hydrogen-bond donors (Lipinski definition) is 1. The zero-order valence-corrected chi connectivity index (χ0v) is 25.7. The molecule has 8 nitrogen and oxygen atoms in total. The number of carbonyl (C=O) groups is 2. The SMILES string of the molecule is CCCCNC(=O)C(CC)N(Cc1ccccc1Cl)C(=O)CN(c1ccc(OC)c(Cl)c1)S(=O)(=O)c1ccccc1. The van der Waals surface area contributed by atoms with Crippen molar-refractivity contribution in [1.82, 2.24) is 10.2 Å². The fourth-order valence-corrected chi connectivity index (χ4v) is 6.17. The highest BCUT2D eigenvalue weighted by molar-refractivity contribution is 7.92. The van der Waals surface area contributed by atoms with Gasteiger partial charge in [-0.1, -0.05) is 79.9 Å². The first-order chi connectivity index (χ1) is 19.6. The van der Waals surface area contributed by atoms with Gasteiger partial charge in [0.15, 0.2) is 0 Å². The number of unbranched alkanes of at least 4 members (excludes halogenated alkanes) is 1. The second-order valence-corrected chi connectivity index (χ2v) is 12.0. The predicted octanol–water partition coefficient (Wildman–Crippen LogP) is 5.92. The van der Waals surface area contributed by atoms with Gasteiger partial charge in [-0.05, 0) is 54.8 Å². The van der Waals surface area contributed by atoms with Gasteiger partial charge in [0.1, 0.15) is 18.3 Å². The highest BCUT2D eigenvalue weighted by Crippen LogP contribution is 2.32. The van der Waals surface area contributed by atoms with E-state index < -0.39 is 28.5 Å². The number of rotatable bonds is 14. The van der Waals surface area contributed by atoms with E-state index in [1.165, 1.54) is 42.3 Å². The number of anilines is 1. The molecule has 41 heavy (non-hydrogen) atoms. The first-order valence-electron chi connectivity index (χ1n) is 13.4. The van der Waals surface area contributed by atoms with Gasteiger partial charge in [-0.25, -0.2) is 8.42 Å². The monoisotopic (exact) mass is 619 g/mol. The van der Waals surface area contributed by atoms with Crippen LogP contribution < -0.4 is 14.4 Å². The molecule has 3 aromatic carbocycles. The summed E-state index contributed by atoms with van der Waals surface area (Å²) in [4.78, 5) is 28.8. The topological polar surface area (TPSA) is 96.0 Å². The molecular formula is C30H35Cl2N3O5S. The van der Waals surface area contributed by atoms with Gasteiger partial charge in [0.25, 0.3) is 10.0 Å². The van der Waals surface area contributed by atoms with Gasteiger partial charge >= 0.3 is 0 Å². The number of amides is 2. The van der Waals surface area contributed by atoms with E-state index in [-0.39, 0.29) is 28.1 Å². The first-order valence-corrected chi connectivity index (χ1v) is 15.6. The summed E-state index contributed by atoms with van der Waals surface area (Å²) in [6, 6.07) is 18.5. The molecular weight excluding hydrogens is 585 g/mol. The van der Waals surface area contributed by atoms with E-state index in [2.05, 4.69) is 5.32 Å². The zero-order valence-electron chi connectivity index (χ0n) is 23.3. The molecule has 1 N–H and O–H groups in total. The van der Waals surface area contributed by atoms with Crippen molar-refractivity contribution in [1.29, 1.82) is 0 Å². The summed E-state index contributed by atoms with van der Waals surface area (Å²) in [5, 5.41) is 3.52. The lowest BCUT2D eigenvalue weighted by Crippen LogP contribution is -2.52. The number of methoxy groups -OCH3 is 1. The summed E-state index contributed by atoms with van der Waals surface area (Å²) in [7, 11) is -2.76. The number of hydrogen-bond acceptors (Lipinski definition) is 5. The zero-order chi connectivity index (χ0) is 30.0. The third kappa shape index (κ3) is 8.15. The van der Waals surface area contributed by atoms with Gasteiger partial charge < -0.3 is 15.0 Å². The minimum Gasteiger partial charge on any atom is -0.495 e. The maximum Gasteiger partial charge on any atom is 0.264 e. The van der Waals surface area contributed by atoms with Crippen LogP contribution in [0.3, 0.4) is 0 Å². The quantitative estimate of drug-likeness (QED) is 0.226. The number of benzene rings is 3. The van der Waals surface area contributed by atoms with Crippen LogP contribution in [0.1, 0.15) is 38.7 Å². The Morgan fingerprint density at radius 1 is 0.951 bits per heavy atom. The Balaban J connectivity index is 2.07. The van der Waals surface area contributed by atoms with Crippen LogP contribution in [0.5, 0.6) is 5.75 Å². The van der Waals surface area contributed by atoms with Crippen molar-refractivity contribution in [3.8, 4) is 5.75 Å². The Kier molecular flexibility index (Phi) is 11.9. The summed E-state index contributed by atoms with van der Waals surface area (Å²) in [6.07, 6.45) is 2.01. The smallest absolute Gasteiger partial charge is 0.264 e. The van der Waals surface area contributed by atoms with Crippen molar-refractivity contribution in [2.24, 2.45) is 0 Å². The molecule has 0 aliphatic carbocycles. The van der Waals surface area contributed by atoms with E-state index in [0.717, 1.165) is 17.1 Å². The van der Waals surface area contributed by atoms with E-state index in [1.54, 1.807) is 49.4 Å². The molecule has 0 aromatic heterocycles. The van der Waals surface area contributed by atoms with Crippen LogP contribution in [0, 0.1) is 0 Å². The molecule has 11 heteroatoms. The summed E-state index contributed by atoms with van der Waals surface area (Å²) in [6.45, 7) is 3.73. The maximum atomic E-state index is 14.1. The fraction of sp³-hybridized carbons (Fsp3) is 0.333. The van der Waals surface area contributed by atoms with Crippen molar-refractivity contribution >= 4 is 50.7 Å². The van der Waals surface area contributed by atoms with Crippen LogP contribution in [0.4, 0.5) is 5.69 Å². The molecule has 3 rings (SSSR count).